The lowest BCUT2D eigenvalue weighted by molar-refractivity contribution is -0.122. The van der Waals surface area contributed by atoms with Crippen LogP contribution in [0.3, 0.4) is 0 Å². The van der Waals surface area contributed by atoms with Gasteiger partial charge in [0.05, 0.1) is 18.0 Å². The number of aryl methyl sites for hydroxylation is 2. The second-order valence-electron chi connectivity index (χ2n) is 10.5. The number of nitrogens with one attached hydrogen (secondary N) is 1. The van der Waals surface area contributed by atoms with Crippen LogP contribution in [0, 0.1) is 12.8 Å². The summed E-state index contributed by atoms with van der Waals surface area (Å²) in [6, 6.07) is 20.1. The van der Waals surface area contributed by atoms with E-state index >= 15 is 0 Å². The fourth-order valence-electron chi connectivity index (χ4n) is 6.76. The third-order valence-corrected chi connectivity index (χ3v) is 8.26. The molecule has 0 bridgehead atoms. The van der Waals surface area contributed by atoms with Gasteiger partial charge < -0.3 is 10.2 Å². The van der Waals surface area contributed by atoms with Gasteiger partial charge in [0.2, 0.25) is 5.91 Å². The molecule has 4 atom stereocenters. The molecular weight excluding hydrogens is 460 g/mol. The van der Waals surface area contributed by atoms with E-state index in [2.05, 4.69) is 18.3 Å². The summed E-state index contributed by atoms with van der Waals surface area (Å²) in [5.74, 6) is -1.41. The highest BCUT2D eigenvalue weighted by Crippen LogP contribution is 2.57. The van der Waals surface area contributed by atoms with Gasteiger partial charge >= 0.3 is 0 Å². The van der Waals surface area contributed by atoms with Crippen LogP contribution in [0.1, 0.15) is 52.9 Å². The summed E-state index contributed by atoms with van der Waals surface area (Å²) in [6.07, 6.45) is 5.99. The zero-order valence-corrected chi connectivity index (χ0v) is 21.3. The second kappa shape index (κ2) is 8.55. The van der Waals surface area contributed by atoms with Crippen molar-refractivity contribution in [2.75, 3.05) is 10.2 Å². The molecule has 3 heterocycles. The molecule has 3 aliphatic rings. The first kappa shape index (κ1) is 23.4. The fourth-order valence-corrected chi connectivity index (χ4v) is 6.76. The van der Waals surface area contributed by atoms with Crippen LogP contribution in [-0.2, 0) is 21.4 Å². The minimum atomic E-state index is -1.23. The van der Waals surface area contributed by atoms with Crippen LogP contribution in [0.2, 0.25) is 0 Å². The van der Waals surface area contributed by atoms with Gasteiger partial charge in [-0.05, 0) is 55.2 Å². The molecule has 0 saturated carbocycles. The molecule has 3 aliphatic heterocycles. The van der Waals surface area contributed by atoms with E-state index < -0.39 is 23.4 Å². The van der Waals surface area contributed by atoms with Crippen molar-refractivity contribution >= 4 is 34.9 Å². The normalized spacial score (nSPS) is 25.0. The van der Waals surface area contributed by atoms with Gasteiger partial charge in [-0.15, -0.1) is 0 Å². The maximum atomic E-state index is 14.5. The maximum absolute atomic E-state index is 14.5. The highest BCUT2D eigenvalue weighted by atomic mass is 16.2. The Labute approximate surface area is 217 Å². The number of rotatable bonds is 5. The van der Waals surface area contributed by atoms with Crippen LogP contribution in [0.25, 0.3) is 6.08 Å². The lowest BCUT2D eigenvalue weighted by atomic mass is 9.64. The van der Waals surface area contributed by atoms with E-state index in [0.29, 0.717) is 11.3 Å². The fraction of sp³-hybridized carbons (Fsp3) is 0.281. The SMILES string of the molecule is CCCc1ccc(C(=O)[C@@H]2[C@H](C(C)=O)N3c4ccc(C)cc4C=C[C@@H]3[C@]23C(=O)Nc2ccccc23)cc1. The maximum Gasteiger partial charge on any atom is 0.238 e. The van der Waals surface area contributed by atoms with Gasteiger partial charge in [-0.3, -0.25) is 14.4 Å². The third kappa shape index (κ3) is 3.26. The molecular formula is C32H30N2O3. The monoisotopic (exact) mass is 490 g/mol. The second-order valence-corrected chi connectivity index (χ2v) is 10.5. The molecule has 1 spiro atoms. The summed E-state index contributed by atoms with van der Waals surface area (Å²) >= 11 is 0. The quantitative estimate of drug-likeness (QED) is 0.479. The van der Waals surface area contributed by atoms with Crippen LogP contribution < -0.4 is 10.2 Å². The first-order valence-corrected chi connectivity index (χ1v) is 13.0. The molecule has 37 heavy (non-hydrogen) atoms. The summed E-state index contributed by atoms with van der Waals surface area (Å²) in [4.78, 5) is 44.1. The van der Waals surface area contributed by atoms with E-state index in [1.807, 2.05) is 84.6 Å². The number of Topliss-reactive ketones (excluding diaryl/α,β-unsaturated/α-hetero) is 2. The zero-order valence-electron chi connectivity index (χ0n) is 21.3. The van der Waals surface area contributed by atoms with Crippen LogP contribution in [0.15, 0.2) is 72.8 Å². The largest absolute Gasteiger partial charge is 0.352 e. The minimum absolute atomic E-state index is 0.123. The van der Waals surface area contributed by atoms with Crippen LogP contribution in [0.5, 0.6) is 0 Å². The summed E-state index contributed by atoms with van der Waals surface area (Å²) in [6.45, 7) is 5.69. The first-order valence-electron chi connectivity index (χ1n) is 13.0. The highest BCUT2D eigenvalue weighted by molar-refractivity contribution is 6.16. The molecule has 6 rings (SSSR count). The van der Waals surface area contributed by atoms with Crippen molar-refractivity contribution in [2.45, 2.75) is 51.1 Å². The molecule has 1 fully saturated rings. The van der Waals surface area contributed by atoms with Gasteiger partial charge in [0.1, 0.15) is 5.41 Å². The molecule has 0 aliphatic carbocycles. The molecule has 3 aromatic rings. The number of hydrogen-bond acceptors (Lipinski definition) is 4. The van der Waals surface area contributed by atoms with Crippen molar-refractivity contribution in [2.24, 2.45) is 5.92 Å². The summed E-state index contributed by atoms with van der Waals surface area (Å²) in [7, 11) is 0. The molecule has 1 saturated heterocycles. The number of amides is 1. The smallest absolute Gasteiger partial charge is 0.238 e. The molecule has 3 aromatic carbocycles. The number of fused-ring (bicyclic) bond motifs is 6. The Kier molecular flexibility index (Phi) is 5.41. The number of hydrogen-bond donors (Lipinski definition) is 1. The Hall–Kier alpha value is -3.99. The van der Waals surface area contributed by atoms with Crippen LogP contribution in [-0.4, -0.2) is 29.6 Å². The van der Waals surface area contributed by atoms with Crippen LogP contribution in [0.4, 0.5) is 11.4 Å². The number of carbonyl (C=O) groups excluding carboxylic acids is 3. The average molecular weight is 491 g/mol. The Morgan fingerprint density at radius 2 is 1.78 bits per heavy atom. The predicted molar refractivity (Wildman–Crippen MR) is 146 cm³/mol. The predicted octanol–water partition coefficient (Wildman–Crippen LogP) is 5.51. The average Bonchev–Trinajstić information content (AvgIpc) is 3.37. The Morgan fingerprint density at radius 1 is 1.03 bits per heavy atom. The van der Waals surface area contributed by atoms with E-state index in [1.165, 1.54) is 6.92 Å². The van der Waals surface area contributed by atoms with Crippen molar-refractivity contribution in [3.05, 3.63) is 101 Å². The van der Waals surface area contributed by atoms with Crippen molar-refractivity contribution < 1.29 is 14.4 Å². The van der Waals surface area contributed by atoms with Crippen molar-refractivity contribution in [1.29, 1.82) is 0 Å². The lowest BCUT2D eigenvalue weighted by Crippen LogP contribution is -2.51. The van der Waals surface area contributed by atoms with E-state index in [1.54, 1.807) is 0 Å². The Bertz CT molecular complexity index is 1470. The first-order chi connectivity index (χ1) is 17.9. The minimum Gasteiger partial charge on any atom is -0.352 e. The van der Waals surface area contributed by atoms with Gasteiger partial charge in [-0.1, -0.05) is 79.6 Å². The molecule has 1 amide bonds. The molecule has 1 N–H and O–H groups in total. The molecule has 0 aromatic heterocycles. The van der Waals surface area contributed by atoms with Crippen molar-refractivity contribution in [3.63, 3.8) is 0 Å². The van der Waals surface area contributed by atoms with Gasteiger partial charge in [-0.2, -0.15) is 0 Å². The lowest BCUT2D eigenvalue weighted by Gasteiger charge is -2.37. The molecule has 0 unspecified atom stereocenters. The topological polar surface area (TPSA) is 66.5 Å². The van der Waals surface area contributed by atoms with Gasteiger partial charge in [-0.25, -0.2) is 0 Å². The van der Waals surface area contributed by atoms with E-state index in [0.717, 1.165) is 40.8 Å². The van der Waals surface area contributed by atoms with Crippen LogP contribution >= 0.6 is 0 Å². The molecule has 5 nitrogen and oxygen atoms in total. The molecule has 5 heteroatoms. The summed E-state index contributed by atoms with van der Waals surface area (Å²) in [5, 5.41) is 3.05. The van der Waals surface area contributed by atoms with Gasteiger partial charge in [0.15, 0.2) is 11.6 Å². The Balaban J connectivity index is 1.60. The number of para-hydroxylation sites is 1. The number of benzene rings is 3. The number of carbonyl (C=O) groups is 3. The van der Waals surface area contributed by atoms with E-state index in [-0.39, 0.29) is 17.5 Å². The van der Waals surface area contributed by atoms with Crippen molar-refractivity contribution in [1.82, 2.24) is 0 Å². The number of nitrogens with zero attached hydrogens (tertiary/aromatic N) is 1. The highest BCUT2D eigenvalue weighted by Gasteiger charge is 2.69. The number of anilines is 2. The zero-order chi connectivity index (χ0) is 25.9. The third-order valence-electron chi connectivity index (χ3n) is 8.26. The van der Waals surface area contributed by atoms with Gasteiger partial charge in [0, 0.05) is 16.9 Å². The van der Waals surface area contributed by atoms with E-state index in [4.69, 9.17) is 0 Å². The summed E-state index contributed by atoms with van der Waals surface area (Å²) in [5.41, 5.74) is 4.92. The van der Waals surface area contributed by atoms with Crippen molar-refractivity contribution in [3.8, 4) is 0 Å². The molecule has 186 valence electrons. The van der Waals surface area contributed by atoms with Gasteiger partial charge in [0.25, 0.3) is 0 Å². The number of ketones is 2. The summed E-state index contributed by atoms with van der Waals surface area (Å²) < 4.78 is 0. The Morgan fingerprint density at radius 3 is 2.51 bits per heavy atom. The molecule has 0 radical (unpaired) electrons. The van der Waals surface area contributed by atoms with E-state index in [9.17, 15) is 14.4 Å². The standard InChI is InChI=1S/C32H30N2O3/c1-4-7-21-11-13-22(14-12-21)30(36)28-29(20(3)35)34-26-16-10-19(2)18-23(26)15-17-27(34)32(28)24-8-5-6-9-25(24)33-31(32)37/h5-6,8-18,27-29H,4,7H2,1-3H3,(H,33,37)/t27-,28+,29+,32+/m1/s1.